The number of piperidine rings is 2. The fraction of sp³-hybridized carbons (Fsp3) is 0.786. The summed E-state index contributed by atoms with van der Waals surface area (Å²) in [5, 5.41) is 14.7. The Hall–Kier alpha value is -1.79. The van der Waals surface area contributed by atoms with E-state index in [9.17, 15) is 14.4 Å². The van der Waals surface area contributed by atoms with E-state index in [1.54, 1.807) is 11.8 Å². The van der Waals surface area contributed by atoms with Crippen molar-refractivity contribution < 1.29 is 19.5 Å². The van der Waals surface area contributed by atoms with E-state index in [4.69, 9.17) is 5.11 Å². The van der Waals surface area contributed by atoms with Gasteiger partial charge in [0, 0.05) is 32.1 Å². The van der Waals surface area contributed by atoms with Gasteiger partial charge in [-0.1, -0.05) is 6.92 Å². The van der Waals surface area contributed by atoms with Crippen LogP contribution in [0.2, 0.25) is 0 Å². The van der Waals surface area contributed by atoms with Crippen LogP contribution in [-0.2, 0) is 9.59 Å². The Labute approximate surface area is 124 Å². The Morgan fingerprint density at radius 2 is 2.24 bits per heavy atom. The fourth-order valence-electron chi connectivity index (χ4n) is 3.02. The van der Waals surface area contributed by atoms with Gasteiger partial charge in [-0.3, -0.25) is 9.59 Å². The SMILES string of the molecule is CCC(CNC(=O)N1CCC2NC(=O)CCC2C1)C(=O)O. The lowest BCUT2D eigenvalue weighted by Gasteiger charge is -2.41. The molecule has 0 aliphatic carbocycles. The van der Waals surface area contributed by atoms with E-state index in [-0.39, 0.29) is 24.5 Å². The maximum Gasteiger partial charge on any atom is 0.317 e. The second-order valence-electron chi connectivity index (χ2n) is 5.84. The maximum absolute atomic E-state index is 12.1. The first-order valence-corrected chi connectivity index (χ1v) is 7.56. The number of carbonyl (C=O) groups excluding carboxylic acids is 2. The van der Waals surface area contributed by atoms with Gasteiger partial charge in [-0.25, -0.2) is 4.79 Å². The van der Waals surface area contributed by atoms with Crippen molar-refractivity contribution in [3.05, 3.63) is 0 Å². The van der Waals surface area contributed by atoms with Gasteiger partial charge in [-0.2, -0.15) is 0 Å². The molecule has 0 radical (unpaired) electrons. The molecule has 3 unspecified atom stereocenters. The van der Waals surface area contributed by atoms with Crippen molar-refractivity contribution >= 4 is 17.9 Å². The van der Waals surface area contributed by atoms with Crippen LogP contribution in [0.3, 0.4) is 0 Å². The van der Waals surface area contributed by atoms with Crippen molar-refractivity contribution in [2.45, 2.75) is 38.6 Å². The number of carboxylic acids is 1. The molecule has 0 bridgehead atoms. The van der Waals surface area contributed by atoms with Crippen LogP contribution in [0.25, 0.3) is 0 Å². The number of carbonyl (C=O) groups is 3. The van der Waals surface area contributed by atoms with Crippen LogP contribution < -0.4 is 10.6 Å². The standard InChI is InChI=1S/C14H23N3O4/c1-2-9(13(19)20)7-15-14(21)17-6-5-11-10(8-17)3-4-12(18)16-11/h9-11H,2-8H2,1H3,(H,15,21)(H,16,18)(H,19,20). The second-order valence-corrected chi connectivity index (χ2v) is 5.84. The average Bonchev–Trinajstić information content (AvgIpc) is 2.46. The van der Waals surface area contributed by atoms with Crippen LogP contribution in [0, 0.1) is 11.8 Å². The molecule has 0 aromatic carbocycles. The molecule has 3 atom stereocenters. The summed E-state index contributed by atoms with van der Waals surface area (Å²) in [6, 6.07) is -0.0252. The van der Waals surface area contributed by atoms with Crippen molar-refractivity contribution in [3.63, 3.8) is 0 Å². The molecule has 2 saturated heterocycles. The summed E-state index contributed by atoms with van der Waals surface area (Å²) in [7, 11) is 0. The van der Waals surface area contributed by atoms with Crippen LogP contribution in [0.15, 0.2) is 0 Å². The van der Waals surface area contributed by atoms with E-state index in [0.717, 1.165) is 12.8 Å². The number of rotatable bonds is 4. The molecule has 2 aliphatic heterocycles. The highest BCUT2D eigenvalue weighted by molar-refractivity contribution is 5.78. The smallest absolute Gasteiger partial charge is 0.317 e. The largest absolute Gasteiger partial charge is 0.481 e. The van der Waals surface area contributed by atoms with Crippen LogP contribution in [0.1, 0.15) is 32.6 Å². The molecular weight excluding hydrogens is 274 g/mol. The van der Waals surface area contributed by atoms with E-state index in [1.165, 1.54) is 0 Å². The lowest BCUT2D eigenvalue weighted by molar-refractivity contribution is -0.141. The van der Waals surface area contributed by atoms with Gasteiger partial charge >= 0.3 is 12.0 Å². The molecule has 118 valence electrons. The monoisotopic (exact) mass is 297 g/mol. The van der Waals surface area contributed by atoms with Crippen molar-refractivity contribution in [2.24, 2.45) is 11.8 Å². The van der Waals surface area contributed by atoms with Crippen molar-refractivity contribution in [2.75, 3.05) is 19.6 Å². The third-order valence-electron chi connectivity index (χ3n) is 4.45. The summed E-state index contributed by atoms with van der Waals surface area (Å²) in [6.45, 7) is 3.17. The quantitative estimate of drug-likeness (QED) is 0.700. The van der Waals surface area contributed by atoms with Crippen LogP contribution >= 0.6 is 0 Å². The lowest BCUT2D eigenvalue weighted by Crippen LogP contribution is -2.56. The number of nitrogens with one attached hydrogen (secondary N) is 2. The van der Waals surface area contributed by atoms with Gasteiger partial charge in [0.25, 0.3) is 0 Å². The van der Waals surface area contributed by atoms with E-state index < -0.39 is 11.9 Å². The minimum absolute atomic E-state index is 0.0985. The van der Waals surface area contributed by atoms with Crippen molar-refractivity contribution in [1.82, 2.24) is 15.5 Å². The molecule has 3 N–H and O–H groups in total. The number of hydrogen-bond donors (Lipinski definition) is 3. The van der Waals surface area contributed by atoms with Crippen LogP contribution in [-0.4, -0.2) is 53.6 Å². The number of likely N-dealkylation sites (tertiary alicyclic amines) is 1. The lowest BCUT2D eigenvalue weighted by atomic mass is 9.85. The zero-order valence-electron chi connectivity index (χ0n) is 12.3. The summed E-state index contributed by atoms with van der Waals surface area (Å²) >= 11 is 0. The normalized spacial score (nSPS) is 26.5. The number of fused-ring (bicyclic) bond motifs is 1. The highest BCUT2D eigenvalue weighted by atomic mass is 16.4. The average molecular weight is 297 g/mol. The Bertz CT molecular complexity index is 426. The third kappa shape index (κ3) is 3.86. The van der Waals surface area contributed by atoms with Gasteiger partial charge in [-0.05, 0) is 25.2 Å². The first-order valence-electron chi connectivity index (χ1n) is 7.56. The highest BCUT2D eigenvalue weighted by Gasteiger charge is 2.35. The highest BCUT2D eigenvalue weighted by Crippen LogP contribution is 2.25. The molecule has 21 heavy (non-hydrogen) atoms. The van der Waals surface area contributed by atoms with Gasteiger partial charge in [-0.15, -0.1) is 0 Å². The molecular formula is C14H23N3O4. The van der Waals surface area contributed by atoms with Crippen molar-refractivity contribution in [1.29, 1.82) is 0 Å². The molecule has 2 aliphatic rings. The predicted molar refractivity (Wildman–Crippen MR) is 75.7 cm³/mol. The first-order chi connectivity index (χ1) is 10.0. The Kier molecular flexibility index (Phi) is 5.03. The number of urea groups is 1. The number of amides is 3. The molecule has 7 nitrogen and oxygen atoms in total. The Morgan fingerprint density at radius 3 is 2.90 bits per heavy atom. The van der Waals surface area contributed by atoms with Crippen molar-refractivity contribution in [3.8, 4) is 0 Å². The molecule has 7 heteroatoms. The molecule has 2 rings (SSSR count). The molecule has 2 fully saturated rings. The number of hydrogen-bond acceptors (Lipinski definition) is 3. The topological polar surface area (TPSA) is 98.7 Å². The van der Waals surface area contributed by atoms with Gasteiger partial charge in [0.1, 0.15) is 0 Å². The summed E-state index contributed by atoms with van der Waals surface area (Å²) in [6.07, 6.45) is 2.59. The van der Waals surface area contributed by atoms with Crippen LogP contribution in [0.4, 0.5) is 4.79 Å². The second kappa shape index (κ2) is 6.78. The van der Waals surface area contributed by atoms with E-state index in [0.29, 0.717) is 31.8 Å². The molecule has 0 spiro atoms. The summed E-state index contributed by atoms with van der Waals surface area (Å²) in [5.74, 6) is -1.02. The van der Waals surface area contributed by atoms with Crippen LogP contribution in [0.5, 0.6) is 0 Å². The van der Waals surface area contributed by atoms with E-state index >= 15 is 0 Å². The molecule has 3 amide bonds. The summed E-state index contributed by atoms with van der Waals surface area (Å²) in [4.78, 5) is 36.1. The molecule has 0 saturated carbocycles. The first kappa shape index (κ1) is 15.6. The van der Waals surface area contributed by atoms with Gasteiger partial charge < -0.3 is 20.6 Å². The zero-order chi connectivity index (χ0) is 15.4. The number of carboxylic acid groups (broad SMARTS) is 1. The summed E-state index contributed by atoms with van der Waals surface area (Å²) in [5.41, 5.74) is 0. The Morgan fingerprint density at radius 1 is 1.48 bits per heavy atom. The van der Waals surface area contributed by atoms with Gasteiger partial charge in [0.2, 0.25) is 5.91 Å². The summed E-state index contributed by atoms with van der Waals surface area (Å²) < 4.78 is 0. The minimum atomic E-state index is -0.883. The third-order valence-corrected chi connectivity index (χ3v) is 4.45. The number of nitrogens with zero attached hydrogens (tertiary/aromatic N) is 1. The van der Waals surface area contributed by atoms with Gasteiger partial charge in [0.05, 0.1) is 5.92 Å². The number of aliphatic carboxylic acids is 1. The molecule has 0 aromatic rings. The zero-order valence-corrected chi connectivity index (χ0v) is 12.3. The molecule has 0 aromatic heterocycles. The fourth-order valence-corrected chi connectivity index (χ4v) is 3.02. The van der Waals surface area contributed by atoms with E-state index in [1.807, 2.05) is 0 Å². The predicted octanol–water partition coefficient (Wildman–Crippen LogP) is 0.407. The maximum atomic E-state index is 12.1. The molecule has 2 heterocycles. The van der Waals surface area contributed by atoms with E-state index in [2.05, 4.69) is 10.6 Å². The Balaban J connectivity index is 1.81. The minimum Gasteiger partial charge on any atom is -0.481 e. The van der Waals surface area contributed by atoms with Gasteiger partial charge in [0.15, 0.2) is 0 Å².